The van der Waals surface area contributed by atoms with E-state index in [1.807, 2.05) is 0 Å². The first kappa shape index (κ1) is 15.7. The fourth-order valence-corrected chi connectivity index (χ4v) is 2.83. The molecule has 0 unspecified atom stereocenters. The Morgan fingerprint density at radius 3 is 2.39 bits per heavy atom. The number of rotatable bonds is 5. The Morgan fingerprint density at radius 1 is 1.28 bits per heavy atom. The minimum Gasteiger partial charge on any atom is -0.324 e. The maximum Gasteiger partial charge on any atom is 0.215 e. The average Bonchev–Trinajstić information content (AvgIpc) is 2.20. The van der Waals surface area contributed by atoms with Crippen LogP contribution in [-0.2, 0) is 15.8 Å². The molecule has 1 aromatic carbocycles. The lowest BCUT2D eigenvalue weighted by Gasteiger charge is -2.19. The van der Waals surface area contributed by atoms with Gasteiger partial charge in [0.15, 0.2) is 0 Å². The summed E-state index contributed by atoms with van der Waals surface area (Å²) in [5, 5.41) is 0.734. The monoisotopic (exact) mass is 310 g/mol. The van der Waals surface area contributed by atoms with Crippen molar-refractivity contribution in [2.45, 2.75) is 25.1 Å². The van der Waals surface area contributed by atoms with Crippen molar-refractivity contribution in [3.05, 3.63) is 33.8 Å². The van der Waals surface area contributed by atoms with Crippen LogP contribution in [-0.4, -0.2) is 20.5 Å². The SMILES string of the molecule is CC(C)(N)CNS(=O)(=O)Cc1ccc(Cl)c(Cl)c1. The van der Waals surface area contributed by atoms with Gasteiger partial charge in [0.05, 0.1) is 15.8 Å². The summed E-state index contributed by atoms with van der Waals surface area (Å²) in [6.07, 6.45) is 0. The molecule has 0 aliphatic heterocycles. The molecule has 4 nitrogen and oxygen atoms in total. The maximum absolute atomic E-state index is 11.8. The number of nitrogens with two attached hydrogens (primary N) is 1. The Balaban J connectivity index is 2.74. The van der Waals surface area contributed by atoms with Gasteiger partial charge in [-0.15, -0.1) is 0 Å². The number of nitrogens with one attached hydrogen (secondary N) is 1. The van der Waals surface area contributed by atoms with Crippen molar-refractivity contribution >= 4 is 33.2 Å². The summed E-state index contributed by atoms with van der Waals surface area (Å²) in [6, 6.07) is 4.74. The van der Waals surface area contributed by atoms with Gasteiger partial charge >= 0.3 is 0 Å². The highest BCUT2D eigenvalue weighted by molar-refractivity contribution is 7.88. The predicted molar refractivity (Wildman–Crippen MR) is 75.4 cm³/mol. The quantitative estimate of drug-likeness (QED) is 0.875. The minimum atomic E-state index is -3.43. The van der Waals surface area contributed by atoms with Crippen LogP contribution >= 0.6 is 23.2 Å². The van der Waals surface area contributed by atoms with Crippen molar-refractivity contribution in [1.82, 2.24) is 4.72 Å². The smallest absolute Gasteiger partial charge is 0.215 e. The van der Waals surface area contributed by atoms with Crippen molar-refractivity contribution in [2.24, 2.45) is 5.73 Å². The van der Waals surface area contributed by atoms with Gasteiger partial charge in [-0.1, -0.05) is 29.3 Å². The summed E-state index contributed by atoms with van der Waals surface area (Å²) in [6.45, 7) is 3.67. The van der Waals surface area contributed by atoms with E-state index in [4.69, 9.17) is 28.9 Å². The molecule has 0 aliphatic rings. The van der Waals surface area contributed by atoms with E-state index >= 15 is 0 Å². The lowest BCUT2D eigenvalue weighted by atomic mass is 10.1. The molecule has 0 fully saturated rings. The molecular weight excluding hydrogens is 295 g/mol. The molecule has 0 aromatic heterocycles. The van der Waals surface area contributed by atoms with Gasteiger partial charge < -0.3 is 5.73 Å². The number of halogens is 2. The Bertz CT molecular complexity index is 524. The van der Waals surface area contributed by atoms with E-state index in [0.29, 0.717) is 15.6 Å². The normalized spacial score (nSPS) is 12.7. The van der Waals surface area contributed by atoms with Crippen molar-refractivity contribution < 1.29 is 8.42 Å². The fourth-order valence-electron chi connectivity index (χ4n) is 1.20. The van der Waals surface area contributed by atoms with Crippen LogP contribution < -0.4 is 10.5 Å². The van der Waals surface area contributed by atoms with Crippen LogP contribution in [0.5, 0.6) is 0 Å². The Kier molecular flexibility index (Phi) is 5.03. The molecular formula is C11H16Cl2N2O2S. The average molecular weight is 311 g/mol. The van der Waals surface area contributed by atoms with E-state index in [0.717, 1.165) is 0 Å². The zero-order valence-corrected chi connectivity index (χ0v) is 12.5. The fraction of sp³-hybridized carbons (Fsp3) is 0.455. The molecule has 0 heterocycles. The van der Waals surface area contributed by atoms with E-state index in [1.165, 1.54) is 6.07 Å². The van der Waals surface area contributed by atoms with E-state index < -0.39 is 15.6 Å². The van der Waals surface area contributed by atoms with E-state index in [-0.39, 0.29) is 12.3 Å². The molecule has 3 N–H and O–H groups in total. The lowest BCUT2D eigenvalue weighted by molar-refractivity contribution is 0.497. The number of sulfonamides is 1. The minimum absolute atomic E-state index is 0.153. The molecule has 7 heteroatoms. The first-order chi connectivity index (χ1) is 8.09. The highest BCUT2D eigenvalue weighted by Crippen LogP contribution is 2.23. The number of hydrogen-bond acceptors (Lipinski definition) is 3. The largest absolute Gasteiger partial charge is 0.324 e. The number of benzene rings is 1. The third-order valence-corrected chi connectivity index (χ3v) is 4.12. The van der Waals surface area contributed by atoms with Gasteiger partial charge in [0.2, 0.25) is 10.0 Å². The van der Waals surface area contributed by atoms with Gasteiger partial charge in [0.1, 0.15) is 0 Å². The van der Waals surface area contributed by atoms with Crippen molar-refractivity contribution in [2.75, 3.05) is 6.54 Å². The molecule has 0 bridgehead atoms. The lowest BCUT2D eigenvalue weighted by Crippen LogP contribution is -2.45. The summed E-state index contributed by atoms with van der Waals surface area (Å²) >= 11 is 11.6. The molecule has 0 atom stereocenters. The van der Waals surface area contributed by atoms with E-state index in [1.54, 1.807) is 26.0 Å². The molecule has 0 spiro atoms. The van der Waals surface area contributed by atoms with Crippen molar-refractivity contribution in [3.8, 4) is 0 Å². The van der Waals surface area contributed by atoms with Crippen LogP contribution in [0.1, 0.15) is 19.4 Å². The van der Waals surface area contributed by atoms with Crippen LogP contribution in [0, 0.1) is 0 Å². The summed E-state index contributed by atoms with van der Waals surface area (Å²) < 4.78 is 26.1. The Labute approximate surface area is 118 Å². The third-order valence-electron chi connectivity index (χ3n) is 2.09. The number of hydrogen-bond donors (Lipinski definition) is 2. The van der Waals surface area contributed by atoms with E-state index in [2.05, 4.69) is 4.72 Å². The van der Waals surface area contributed by atoms with Gasteiger partial charge in [-0.05, 0) is 31.5 Å². The topological polar surface area (TPSA) is 72.2 Å². The Morgan fingerprint density at radius 2 is 1.89 bits per heavy atom. The van der Waals surface area contributed by atoms with Gasteiger partial charge in [0, 0.05) is 12.1 Å². The second kappa shape index (κ2) is 5.75. The molecule has 1 aromatic rings. The van der Waals surface area contributed by atoms with Gasteiger partial charge in [-0.3, -0.25) is 0 Å². The highest BCUT2D eigenvalue weighted by atomic mass is 35.5. The molecule has 0 saturated heterocycles. The van der Waals surface area contributed by atoms with Gasteiger partial charge in [-0.2, -0.15) is 0 Å². The van der Waals surface area contributed by atoms with Gasteiger partial charge in [0.25, 0.3) is 0 Å². The first-order valence-corrected chi connectivity index (χ1v) is 7.70. The van der Waals surface area contributed by atoms with Crippen LogP contribution in [0.2, 0.25) is 10.0 Å². The molecule has 18 heavy (non-hydrogen) atoms. The third kappa shape index (κ3) is 5.54. The molecule has 0 radical (unpaired) electrons. The molecule has 0 amide bonds. The summed E-state index contributed by atoms with van der Waals surface area (Å²) in [5.74, 6) is -0.153. The second-order valence-electron chi connectivity index (χ2n) is 4.82. The summed E-state index contributed by atoms with van der Waals surface area (Å²) in [7, 11) is -3.43. The molecule has 0 saturated carbocycles. The maximum atomic E-state index is 11.8. The van der Waals surface area contributed by atoms with Crippen LogP contribution in [0.25, 0.3) is 0 Å². The van der Waals surface area contributed by atoms with Crippen LogP contribution in [0.4, 0.5) is 0 Å². The summed E-state index contributed by atoms with van der Waals surface area (Å²) in [5.41, 5.74) is 5.70. The van der Waals surface area contributed by atoms with Crippen molar-refractivity contribution in [3.63, 3.8) is 0 Å². The van der Waals surface area contributed by atoms with Crippen molar-refractivity contribution in [1.29, 1.82) is 0 Å². The predicted octanol–water partition coefficient (Wildman–Crippen LogP) is 2.15. The Hall–Kier alpha value is -0.330. The van der Waals surface area contributed by atoms with E-state index in [9.17, 15) is 8.42 Å². The first-order valence-electron chi connectivity index (χ1n) is 5.29. The molecule has 0 aliphatic carbocycles. The second-order valence-corrected chi connectivity index (χ2v) is 7.44. The molecule has 102 valence electrons. The standard InChI is InChI=1S/C11H16Cl2N2O2S/c1-11(2,14)7-15-18(16,17)6-8-3-4-9(12)10(13)5-8/h3-5,15H,6-7,14H2,1-2H3. The molecule has 1 rings (SSSR count). The highest BCUT2D eigenvalue weighted by Gasteiger charge is 2.17. The van der Waals surface area contributed by atoms with Gasteiger partial charge in [-0.25, -0.2) is 13.1 Å². The zero-order valence-electron chi connectivity index (χ0n) is 10.2. The zero-order chi connectivity index (χ0) is 14.0. The van der Waals surface area contributed by atoms with Crippen LogP contribution in [0.15, 0.2) is 18.2 Å². The van der Waals surface area contributed by atoms with Crippen LogP contribution in [0.3, 0.4) is 0 Å². The summed E-state index contributed by atoms with van der Waals surface area (Å²) in [4.78, 5) is 0.